The second kappa shape index (κ2) is 6.75. The van der Waals surface area contributed by atoms with Crippen LogP contribution >= 0.6 is 11.6 Å². The van der Waals surface area contributed by atoms with Crippen LogP contribution in [0.2, 0.25) is 5.02 Å². The summed E-state index contributed by atoms with van der Waals surface area (Å²) in [6, 6.07) is 13.3. The van der Waals surface area contributed by atoms with E-state index in [1.54, 1.807) is 35.7 Å². The lowest BCUT2D eigenvalue weighted by molar-refractivity contribution is 0.603. The lowest BCUT2D eigenvalue weighted by atomic mass is 10.2. The summed E-state index contributed by atoms with van der Waals surface area (Å²) in [4.78, 5) is 0. The molecule has 2 rings (SSSR count). The monoisotopic (exact) mass is 294 g/mol. The molecule has 0 aliphatic heterocycles. The summed E-state index contributed by atoms with van der Waals surface area (Å²) in [5, 5.41) is 2.28. The van der Waals surface area contributed by atoms with Crippen LogP contribution in [0.5, 0.6) is 0 Å². The van der Waals surface area contributed by atoms with Crippen LogP contribution in [0, 0.1) is 5.82 Å². The van der Waals surface area contributed by atoms with Crippen molar-refractivity contribution in [2.24, 2.45) is 0 Å². The van der Waals surface area contributed by atoms with Crippen LogP contribution in [0.1, 0.15) is 11.1 Å². The topological polar surface area (TPSA) is 23.1 Å². The predicted molar refractivity (Wildman–Crippen MR) is 78.7 cm³/mol. The van der Waals surface area contributed by atoms with Gasteiger partial charge in [0.05, 0.1) is 0 Å². The van der Waals surface area contributed by atoms with E-state index >= 15 is 0 Å². The molecule has 0 heterocycles. The zero-order chi connectivity index (χ0) is 13.7. The summed E-state index contributed by atoms with van der Waals surface area (Å²) in [7, 11) is 0. The van der Waals surface area contributed by atoms with Gasteiger partial charge in [-0.3, -0.25) is 0 Å². The molecule has 0 bridgehead atoms. The van der Waals surface area contributed by atoms with Gasteiger partial charge in [-0.05, 0) is 47.1 Å². The van der Waals surface area contributed by atoms with Gasteiger partial charge in [-0.1, -0.05) is 35.9 Å². The Balaban J connectivity index is 1.95. The summed E-state index contributed by atoms with van der Waals surface area (Å²) in [6.45, 7) is 0. The summed E-state index contributed by atoms with van der Waals surface area (Å²) in [6.07, 6.45) is 1.73. The van der Waals surface area contributed by atoms with Crippen molar-refractivity contribution in [3.63, 3.8) is 0 Å². The molecule has 4 heteroatoms. The zero-order valence-corrected chi connectivity index (χ0v) is 11.6. The molecular weight excluding hydrogens is 283 g/mol. The van der Waals surface area contributed by atoms with Crippen molar-refractivity contribution in [1.82, 2.24) is 0 Å². The SMILES string of the molecule is [O-][S+](C=Cc1ccc(F)cc1)Cc1ccc(Cl)cc1. The van der Waals surface area contributed by atoms with E-state index in [2.05, 4.69) is 0 Å². The van der Waals surface area contributed by atoms with Gasteiger partial charge >= 0.3 is 0 Å². The highest BCUT2D eigenvalue weighted by Crippen LogP contribution is 2.14. The molecule has 0 N–H and O–H groups in total. The van der Waals surface area contributed by atoms with Gasteiger partial charge in [-0.15, -0.1) is 0 Å². The molecule has 19 heavy (non-hydrogen) atoms. The maximum Gasteiger partial charge on any atom is 0.135 e. The number of hydrogen-bond acceptors (Lipinski definition) is 1. The number of halogens is 2. The molecule has 1 atom stereocenters. The Kier molecular flexibility index (Phi) is 5.02. The minimum Gasteiger partial charge on any atom is -0.612 e. The fraction of sp³-hybridized carbons (Fsp3) is 0.0667. The molecule has 1 unspecified atom stereocenters. The third-order valence-corrected chi connectivity index (χ3v) is 3.81. The predicted octanol–water partition coefficient (Wildman–Crippen LogP) is 4.40. The van der Waals surface area contributed by atoms with E-state index in [1.807, 2.05) is 12.1 Å². The molecule has 0 amide bonds. The zero-order valence-electron chi connectivity index (χ0n) is 10.1. The van der Waals surface area contributed by atoms with Crippen LogP contribution in [0.25, 0.3) is 6.08 Å². The summed E-state index contributed by atoms with van der Waals surface area (Å²) >= 11 is 4.68. The molecule has 0 aliphatic carbocycles. The second-order valence-electron chi connectivity index (χ2n) is 4.01. The summed E-state index contributed by atoms with van der Waals surface area (Å²) in [5.41, 5.74) is 1.79. The van der Waals surface area contributed by atoms with Crippen molar-refractivity contribution in [2.75, 3.05) is 0 Å². The normalized spacial score (nSPS) is 12.8. The molecule has 0 fully saturated rings. The highest BCUT2D eigenvalue weighted by atomic mass is 35.5. The Hall–Kier alpha value is -1.29. The highest BCUT2D eigenvalue weighted by Gasteiger charge is 2.03. The average Bonchev–Trinajstić information content (AvgIpc) is 2.41. The van der Waals surface area contributed by atoms with Gasteiger partial charge in [0.15, 0.2) is 0 Å². The number of benzene rings is 2. The molecule has 1 nitrogen and oxygen atoms in total. The molecule has 0 aromatic heterocycles. The molecule has 0 aliphatic rings. The van der Waals surface area contributed by atoms with Crippen LogP contribution in [0.3, 0.4) is 0 Å². The molecule has 2 aromatic carbocycles. The van der Waals surface area contributed by atoms with Gasteiger partial charge in [0.25, 0.3) is 0 Å². The van der Waals surface area contributed by atoms with Gasteiger partial charge in [-0.2, -0.15) is 0 Å². The van der Waals surface area contributed by atoms with Crippen molar-refractivity contribution in [3.05, 3.63) is 75.9 Å². The van der Waals surface area contributed by atoms with E-state index < -0.39 is 11.2 Å². The first kappa shape index (κ1) is 14.1. The Morgan fingerprint density at radius 1 is 1.05 bits per heavy atom. The van der Waals surface area contributed by atoms with Gasteiger partial charge < -0.3 is 4.55 Å². The molecule has 0 saturated heterocycles. The Morgan fingerprint density at radius 2 is 1.68 bits per heavy atom. The van der Waals surface area contributed by atoms with E-state index in [1.165, 1.54) is 12.1 Å². The maximum absolute atomic E-state index is 12.7. The number of rotatable bonds is 4. The molecule has 0 radical (unpaired) electrons. The van der Waals surface area contributed by atoms with Gasteiger partial charge in [0.1, 0.15) is 17.0 Å². The number of hydrogen-bond donors (Lipinski definition) is 0. The van der Waals surface area contributed by atoms with Crippen LogP contribution in [0.4, 0.5) is 4.39 Å². The largest absolute Gasteiger partial charge is 0.612 e. The first-order chi connectivity index (χ1) is 9.13. The Morgan fingerprint density at radius 3 is 2.32 bits per heavy atom. The van der Waals surface area contributed by atoms with Crippen molar-refractivity contribution >= 4 is 28.9 Å². The van der Waals surface area contributed by atoms with Crippen LogP contribution in [0.15, 0.2) is 53.9 Å². The van der Waals surface area contributed by atoms with Gasteiger partial charge in [0, 0.05) is 10.6 Å². The van der Waals surface area contributed by atoms with Crippen molar-refractivity contribution in [2.45, 2.75) is 5.75 Å². The third kappa shape index (κ3) is 4.71. The molecule has 98 valence electrons. The molecule has 0 saturated carbocycles. The van der Waals surface area contributed by atoms with E-state index in [0.29, 0.717) is 10.8 Å². The van der Waals surface area contributed by atoms with Crippen molar-refractivity contribution in [3.8, 4) is 0 Å². The Bertz CT molecular complexity index is 551. The van der Waals surface area contributed by atoms with Crippen LogP contribution in [-0.4, -0.2) is 4.55 Å². The van der Waals surface area contributed by atoms with E-state index in [9.17, 15) is 8.94 Å². The quantitative estimate of drug-likeness (QED) is 0.767. The smallest absolute Gasteiger partial charge is 0.135 e. The molecule has 0 spiro atoms. The first-order valence-corrected chi connectivity index (χ1v) is 7.45. The Labute approximate surface area is 119 Å². The second-order valence-corrected chi connectivity index (χ2v) is 5.76. The van der Waals surface area contributed by atoms with E-state index in [-0.39, 0.29) is 5.82 Å². The minimum absolute atomic E-state index is 0.278. The van der Waals surface area contributed by atoms with E-state index in [4.69, 9.17) is 11.6 Å². The van der Waals surface area contributed by atoms with Crippen molar-refractivity contribution < 1.29 is 8.94 Å². The molecule has 2 aromatic rings. The fourth-order valence-electron chi connectivity index (χ4n) is 1.52. The standard InChI is InChI=1S/C15H12ClFOS/c16-14-5-1-13(2-6-14)11-19(18)10-9-12-3-7-15(17)8-4-12/h1-10H,11H2. The summed E-state index contributed by atoms with van der Waals surface area (Å²) in [5.74, 6) is 0.161. The fourth-order valence-corrected chi connectivity index (χ4v) is 2.57. The van der Waals surface area contributed by atoms with E-state index in [0.717, 1.165) is 11.1 Å². The lowest BCUT2D eigenvalue weighted by Gasteiger charge is -2.05. The minimum atomic E-state index is -1.10. The van der Waals surface area contributed by atoms with Crippen LogP contribution in [-0.2, 0) is 16.9 Å². The highest BCUT2D eigenvalue weighted by molar-refractivity contribution is 7.93. The average molecular weight is 295 g/mol. The molecular formula is C15H12ClFOS. The van der Waals surface area contributed by atoms with Crippen LogP contribution < -0.4 is 0 Å². The summed E-state index contributed by atoms with van der Waals surface area (Å²) < 4.78 is 24.6. The van der Waals surface area contributed by atoms with Gasteiger partial charge in [0.2, 0.25) is 0 Å². The lowest BCUT2D eigenvalue weighted by Crippen LogP contribution is -1.99. The maximum atomic E-state index is 12.7. The van der Waals surface area contributed by atoms with Gasteiger partial charge in [-0.25, -0.2) is 4.39 Å². The first-order valence-electron chi connectivity index (χ1n) is 5.69. The van der Waals surface area contributed by atoms with Crippen molar-refractivity contribution in [1.29, 1.82) is 0 Å². The third-order valence-electron chi connectivity index (χ3n) is 2.50.